The van der Waals surface area contributed by atoms with E-state index >= 15 is 0 Å². The molecule has 2 fully saturated rings. The fourth-order valence-corrected chi connectivity index (χ4v) is 6.57. The lowest BCUT2D eigenvalue weighted by molar-refractivity contribution is -0.131. The normalized spacial score (nSPS) is 21.5. The average Bonchev–Trinajstić information content (AvgIpc) is 3.86. The number of anilines is 2. The van der Waals surface area contributed by atoms with Crippen LogP contribution in [0, 0.1) is 22.6 Å². The van der Waals surface area contributed by atoms with Gasteiger partial charge in [-0.25, -0.2) is 8.78 Å². The average molecular weight is 642 g/mol. The van der Waals surface area contributed by atoms with Crippen LogP contribution in [0.15, 0.2) is 42.7 Å². The van der Waals surface area contributed by atoms with E-state index in [0.29, 0.717) is 53.3 Å². The number of piperazine rings is 1. The van der Waals surface area contributed by atoms with Gasteiger partial charge in [-0.2, -0.15) is 15.2 Å². The minimum Gasteiger partial charge on any atom is -0.463 e. The summed E-state index contributed by atoms with van der Waals surface area (Å²) in [5.74, 6) is -2.01. The van der Waals surface area contributed by atoms with Gasteiger partial charge in [0.2, 0.25) is 0 Å². The highest BCUT2D eigenvalue weighted by Crippen LogP contribution is 2.46. The zero-order valence-electron chi connectivity index (χ0n) is 30.5. The molecule has 1 aliphatic carbocycles. The van der Waals surface area contributed by atoms with Crippen LogP contribution in [0.1, 0.15) is 38.7 Å². The lowest BCUT2D eigenvalue weighted by atomic mass is 10.0. The molecule has 1 amide bonds. The molecule has 236 valence electrons. The van der Waals surface area contributed by atoms with Crippen molar-refractivity contribution >= 4 is 39.8 Å². The summed E-state index contributed by atoms with van der Waals surface area (Å²) in [6.45, 7) is -1.51. The van der Waals surface area contributed by atoms with E-state index in [2.05, 4.69) is 12.6 Å². The number of halogens is 3. The van der Waals surface area contributed by atoms with Crippen LogP contribution in [0.4, 0.5) is 20.3 Å². The van der Waals surface area contributed by atoms with Crippen LogP contribution in [-0.2, 0) is 17.8 Å². The van der Waals surface area contributed by atoms with E-state index in [0.717, 1.165) is 10.9 Å². The maximum Gasteiger partial charge on any atom is 0.318 e. The molecule has 0 N–H and O–H groups in total. The fourth-order valence-electron chi connectivity index (χ4n) is 6.30. The second-order valence-electron chi connectivity index (χ2n) is 11.9. The number of nitriles is 1. The number of fused-ring (bicyclic) bond motifs is 2. The molecule has 1 atom stereocenters. The molecule has 2 aliphatic heterocycles. The monoisotopic (exact) mass is 641 g/mol. The molecule has 1 saturated carbocycles. The van der Waals surface area contributed by atoms with E-state index in [1.807, 2.05) is 28.0 Å². The molecule has 1 saturated heterocycles. The van der Waals surface area contributed by atoms with Gasteiger partial charge in [0.15, 0.2) is 5.83 Å². The molecule has 12 heteroatoms. The van der Waals surface area contributed by atoms with Gasteiger partial charge in [-0.05, 0) is 50.7 Å². The summed E-state index contributed by atoms with van der Waals surface area (Å²) in [4.78, 5) is 27.9. The van der Waals surface area contributed by atoms with E-state index < -0.39 is 43.0 Å². The lowest BCUT2D eigenvalue weighted by Crippen LogP contribution is -2.55. The van der Waals surface area contributed by atoms with E-state index in [9.17, 15) is 18.8 Å². The third-order valence-corrected chi connectivity index (χ3v) is 9.21. The number of carbonyl (C=O) groups excluding carboxylic acids is 1. The van der Waals surface area contributed by atoms with Gasteiger partial charge < -0.3 is 24.3 Å². The molecule has 0 spiro atoms. The number of nitrogens with zero attached hydrogens (tertiary/aromatic N) is 7. The molecular formula is C33H36ClF2N7O2. The van der Waals surface area contributed by atoms with Gasteiger partial charge in [0.1, 0.15) is 11.6 Å². The minimum absolute atomic E-state index is 0.00565. The van der Waals surface area contributed by atoms with Crippen LogP contribution in [-0.4, -0.2) is 85.0 Å². The molecule has 1 aromatic heterocycles. The molecule has 3 heterocycles. The van der Waals surface area contributed by atoms with Gasteiger partial charge >= 0.3 is 6.01 Å². The van der Waals surface area contributed by atoms with Crippen molar-refractivity contribution in [1.82, 2.24) is 19.8 Å². The second kappa shape index (κ2) is 12.4. The summed E-state index contributed by atoms with van der Waals surface area (Å²) in [7, 11) is 0. The lowest BCUT2D eigenvalue weighted by Gasteiger charge is -2.42. The Hall–Kier alpha value is -4.01. The van der Waals surface area contributed by atoms with Crippen molar-refractivity contribution in [3.63, 3.8) is 0 Å². The molecule has 45 heavy (non-hydrogen) atoms. The molecule has 9 nitrogen and oxygen atoms in total. The number of hydrogen-bond donors (Lipinski definition) is 0. The molecule has 2 aromatic carbocycles. The quantitative estimate of drug-likeness (QED) is 0.298. The number of carbonyl (C=O) groups is 1. The van der Waals surface area contributed by atoms with Crippen LogP contribution >= 0.6 is 11.6 Å². The van der Waals surface area contributed by atoms with Crippen molar-refractivity contribution in [2.45, 2.75) is 38.3 Å². The Labute approximate surface area is 275 Å². The van der Waals surface area contributed by atoms with E-state index in [1.165, 1.54) is 11.0 Å². The third-order valence-electron chi connectivity index (χ3n) is 8.84. The van der Waals surface area contributed by atoms with Gasteiger partial charge in [0, 0.05) is 63.0 Å². The number of ether oxygens (including phenoxy) is 1. The molecular weight excluding hydrogens is 600 g/mol. The first kappa shape index (κ1) is 24.3. The van der Waals surface area contributed by atoms with Crippen molar-refractivity contribution in [3.05, 3.63) is 64.8 Å². The van der Waals surface area contributed by atoms with Gasteiger partial charge in [-0.3, -0.25) is 4.79 Å². The van der Waals surface area contributed by atoms with Crippen LogP contribution in [0.3, 0.4) is 0 Å². The summed E-state index contributed by atoms with van der Waals surface area (Å²) in [5, 5.41) is 10.9. The predicted octanol–water partition coefficient (Wildman–Crippen LogP) is 5.12. The SMILES string of the molecule is [2H]C([2H])([2H])N(CC1(COc2nc3c(c(N4CCN(C(=O)C(=C)F)[C@@H](CC#N)C4)n2)CCN(c2cccc4ccc(F)c(Cl)c24)C3)CC1)C([2H])([2H])[2H]. The second-order valence-corrected chi connectivity index (χ2v) is 12.3. The first-order chi connectivity index (χ1) is 24.0. The number of rotatable bonds is 9. The Kier molecular flexibility index (Phi) is 6.69. The van der Waals surface area contributed by atoms with Crippen LogP contribution < -0.4 is 14.5 Å². The molecule has 0 unspecified atom stereocenters. The Balaban J connectivity index is 1.34. The van der Waals surface area contributed by atoms with E-state index in [1.54, 1.807) is 6.07 Å². The molecule has 6 rings (SSSR count). The molecule has 3 aromatic rings. The zero-order chi connectivity index (χ0) is 36.9. The van der Waals surface area contributed by atoms with E-state index in [4.69, 9.17) is 34.5 Å². The van der Waals surface area contributed by atoms with Crippen molar-refractivity contribution in [2.75, 3.05) is 63.1 Å². The topological polar surface area (TPSA) is 88.8 Å². The number of amides is 1. The number of aromatic nitrogens is 2. The molecule has 3 aliphatic rings. The Morgan fingerprint density at radius 1 is 1.24 bits per heavy atom. The zero-order valence-corrected chi connectivity index (χ0v) is 25.3. The summed E-state index contributed by atoms with van der Waals surface area (Å²) in [6.07, 6.45) is 1.51. The van der Waals surface area contributed by atoms with E-state index in [-0.39, 0.29) is 56.8 Å². The van der Waals surface area contributed by atoms with Crippen molar-refractivity contribution in [1.29, 1.82) is 5.26 Å². The predicted molar refractivity (Wildman–Crippen MR) is 170 cm³/mol. The van der Waals surface area contributed by atoms with Crippen LogP contribution in [0.5, 0.6) is 6.01 Å². The van der Waals surface area contributed by atoms with Gasteiger partial charge in [-0.15, -0.1) is 0 Å². The van der Waals surface area contributed by atoms with Crippen LogP contribution in [0.25, 0.3) is 10.8 Å². The van der Waals surface area contributed by atoms with Gasteiger partial charge in [-0.1, -0.05) is 36.4 Å². The van der Waals surface area contributed by atoms with Gasteiger partial charge in [0.25, 0.3) is 5.91 Å². The number of hydrogen-bond acceptors (Lipinski definition) is 8. The largest absolute Gasteiger partial charge is 0.463 e. The maximum absolute atomic E-state index is 14.6. The number of benzene rings is 2. The van der Waals surface area contributed by atoms with Crippen molar-refractivity contribution < 1.29 is 26.5 Å². The smallest absolute Gasteiger partial charge is 0.318 e. The van der Waals surface area contributed by atoms with Crippen LogP contribution in [0.2, 0.25) is 5.02 Å². The maximum atomic E-state index is 14.6. The standard InChI is InChI=1S/C33H36ClF2N7O2/c1-21(35)31(44)43-16-15-42(17-23(43)9-13-37)30-24-10-14-41(27-6-4-5-22-7-8-25(36)29(34)28(22)27)18-26(24)38-32(39-30)45-20-33(11-12-33)19-40(2)3/h4-8,23H,1,9-12,14-20H2,2-3H3/t23-/m0/s1/i2D3,3D3. The fraction of sp³-hybridized carbons (Fsp3) is 0.455. The first-order valence-electron chi connectivity index (χ1n) is 17.7. The minimum atomic E-state index is -2.84. The Bertz CT molecular complexity index is 1890. The third kappa shape index (κ3) is 6.26. The summed E-state index contributed by atoms with van der Waals surface area (Å²) in [6, 6.07) is 9.97. The summed E-state index contributed by atoms with van der Waals surface area (Å²) < 4.78 is 81.4. The summed E-state index contributed by atoms with van der Waals surface area (Å²) in [5.41, 5.74) is 1.38. The van der Waals surface area contributed by atoms with Crippen molar-refractivity contribution in [2.24, 2.45) is 5.41 Å². The molecule has 0 radical (unpaired) electrons. The first-order valence-corrected chi connectivity index (χ1v) is 15.1. The highest BCUT2D eigenvalue weighted by atomic mass is 35.5. The Morgan fingerprint density at radius 3 is 2.80 bits per heavy atom. The van der Waals surface area contributed by atoms with Crippen molar-refractivity contribution in [3.8, 4) is 12.1 Å². The highest BCUT2D eigenvalue weighted by Gasteiger charge is 2.44. The van der Waals surface area contributed by atoms with Gasteiger partial charge in [0.05, 0.1) is 42.4 Å². The summed E-state index contributed by atoms with van der Waals surface area (Å²) >= 11 is 6.47. The highest BCUT2D eigenvalue weighted by molar-refractivity contribution is 6.36. The molecule has 0 bridgehead atoms. The Morgan fingerprint density at radius 2 is 2.07 bits per heavy atom.